The van der Waals surface area contributed by atoms with E-state index in [1.165, 1.54) is 11.8 Å². The maximum atomic E-state index is 12.8. The van der Waals surface area contributed by atoms with Crippen LogP contribution in [0.1, 0.15) is 19.8 Å². The van der Waals surface area contributed by atoms with Gasteiger partial charge < -0.3 is 9.84 Å². The maximum Gasteiger partial charge on any atom is 0.417 e. The largest absolute Gasteiger partial charge is 0.480 e. The van der Waals surface area contributed by atoms with Crippen molar-refractivity contribution in [1.29, 1.82) is 0 Å². The lowest BCUT2D eigenvalue weighted by molar-refractivity contribution is -0.283. The van der Waals surface area contributed by atoms with Gasteiger partial charge in [-0.15, -0.1) is 0 Å². The Bertz CT molecular complexity index is 285. The third-order valence-electron chi connectivity index (χ3n) is 3.42. The van der Waals surface area contributed by atoms with E-state index in [9.17, 15) is 18.0 Å². The second kappa shape index (κ2) is 4.81. The number of hydrogen-bond donors (Lipinski definition) is 1. The van der Waals surface area contributed by atoms with Gasteiger partial charge in [0.2, 0.25) is 0 Å². The number of nitrogens with zero attached hydrogens (tertiary/aromatic N) is 1. The van der Waals surface area contributed by atoms with Gasteiger partial charge >= 0.3 is 12.1 Å². The van der Waals surface area contributed by atoms with Crippen molar-refractivity contribution >= 4 is 5.97 Å². The molecule has 0 aromatic heterocycles. The van der Waals surface area contributed by atoms with Crippen LogP contribution < -0.4 is 0 Å². The summed E-state index contributed by atoms with van der Waals surface area (Å²) in [5, 5.41) is 8.79. The molecule has 1 aliphatic rings. The number of piperidine rings is 1. The lowest BCUT2D eigenvalue weighted by Gasteiger charge is -2.42. The van der Waals surface area contributed by atoms with Gasteiger partial charge in [0.25, 0.3) is 0 Å². The Morgan fingerprint density at radius 3 is 2.18 bits per heavy atom. The van der Waals surface area contributed by atoms with Crippen molar-refractivity contribution in [3.05, 3.63) is 0 Å². The van der Waals surface area contributed by atoms with Gasteiger partial charge in [-0.1, -0.05) is 0 Å². The molecule has 0 aromatic carbocycles. The van der Waals surface area contributed by atoms with E-state index in [1.54, 1.807) is 0 Å². The van der Waals surface area contributed by atoms with E-state index in [1.807, 2.05) is 0 Å². The van der Waals surface area contributed by atoms with E-state index in [0.717, 1.165) is 7.11 Å². The van der Waals surface area contributed by atoms with Gasteiger partial charge in [0.15, 0.2) is 5.60 Å². The first-order chi connectivity index (χ1) is 7.73. The topological polar surface area (TPSA) is 49.8 Å². The van der Waals surface area contributed by atoms with E-state index in [-0.39, 0.29) is 25.9 Å². The minimum absolute atomic E-state index is 0.0703. The Hall–Kier alpha value is -0.820. The van der Waals surface area contributed by atoms with E-state index in [4.69, 9.17) is 5.11 Å². The molecule has 0 bridgehead atoms. The Balaban J connectivity index is 2.69. The molecule has 1 saturated heterocycles. The Morgan fingerprint density at radius 2 is 1.88 bits per heavy atom. The predicted molar refractivity (Wildman–Crippen MR) is 53.7 cm³/mol. The minimum atomic E-state index is -4.42. The molecule has 1 atom stereocenters. The number of ether oxygens (including phenoxy) is 1. The number of hydrogen-bond acceptors (Lipinski definition) is 3. The van der Waals surface area contributed by atoms with Gasteiger partial charge in [0.05, 0.1) is 0 Å². The fourth-order valence-electron chi connectivity index (χ4n) is 2.03. The molecule has 4 nitrogen and oxygen atoms in total. The van der Waals surface area contributed by atoms with Gasteiger partial charge in [-0.3, -0.25) is 9.69 Å². The molecule has 0 aliphatic carbocycles. The molecule has 0 saturated carbocycles. The van der Waals surface area contributed by atoms with Crippen LogP contribution in [0.3, 0.4) is 0 Å². The lowest BCUT2D eigenvalue weighted by atomic mass is 9.89. The fourth-order valence-corrected chi connectivity index (χ4v) is 2.03. The van der Waals surface area contributed by atoms with Crippen molar-refractivity contribution in [3.8, 4) is 0 Å². The molecule has 1 N–H and O–H groups in total. The Morgan fingerprint density at radius 1 is 1.41 bits per heavy atom. The molecule has 1 fully saturated rings. The molecule has 1 aliphatic heterocycles. The molecular formula is C10H16F3NO3. The van der Waals surface area contributed by atoms with Gasteiger partial charge in [-0.25, -0.2) is 0 Å². The third-order valence-corrected chi connectivity index (χ3v) is 3.42. The van der Waals surface area contributed by atoms with Crippen LogP contribution in [0.25, 0.3) is 0 Å². The number of alkyl halides is 3. The van der Waals surface area contributed by atoms with Gasteiger partial charge in [0, 0.05) is 20.2 Å². The van der Waals surface area contributed by atoms with Gasteiger partial charge in [0.1, 0.15) is 6.04 Å². The molecule has 0 radical (unpaired) electrons. The summed E-state index contributed by atoms with van der Waals surface area (Å²) in [7, 11) is 1.05. The molecular weight excluding hydrogens is 239 g/mol. The molecule has 17 heavy (non-hydrogen) atoms. The highest BCUT2D eigenvalue weighted by atomic mass is 19.4. The zero-order chi connectivity index (χ0) is 13.3. The fraction of sp³-hybridized carbons (Fsp3) is 0.900. The molecule has 7 heteroatoms. The van der Waals surface area contributed by atoms with E-state index >= 15 is 0 Å². The number of methoxy groups -OCH3 is 1. The van der Waals surface area contributed by atoms with E-state index < -0.39 is 23.8 Å². The summed E-state index contributed by atoms with van der Waals surface area (Å²) in [6.07, 6.45) is -4.88. The van der Waals surface area contributed by atoms with Crippen molar-refractivity contribution in [3.63, 3.8) is 0 Å². The van der Waals surface area contributed by atoms with Crippen molar-refractivity contribution in [1.82, 2.24) is 4.90 Å². The van der Waals surface area contributed by atoms with Crippen LogP contribution in [0, 0.1) is 0 Å². The molecule has 1 heterocycles. The Labute approximate surface area is 97.3 Å². The molecule has 0 amide bonds. The van der Waals surface area contributed by atoms with Crippen LogP contribution >= 0.6 is 0 Å². The first kappa shape index (κ1) is 14.2. The normalized spacial score (nSPS) is 23.4. The summed E-state index contributed by atoms with van der Waals surface area (Å²) in [5.74, 6) is -1.03. The van der Waals surface area contributed by atoms with Crippen molar-refractivity contribution in [2.24, 2.45) is 0 Å². The number of rotatable bonds is 3. The second-order valence-electron chi connectivity index (χ2n) is 4.25. The highest BCUT2D eigenvalue weighted by molar-refractivity contribution is 5.72. The van der Waals surface area contributed by atoms with Crippen LogP contribution in [0.5, 0.6) is 0 Å². The number of carbonyl (C=O) groups is 1. The monoisotopic (exact) mass is 255 g/mol. The highest BCUT2D eigenvalue weighted by Crippen LogP contribution is 2.41. The van der Waals surface area contributed by atoms with Crippen molar-refractivity contribution in [2.45, 2.75) is 37.6 Å². The number of carboxylic acid groups (broad SMARTS) is 1. The molecule has 100 valence electrons. The number of aliphatic carboxylic acids is 1. The first-order valence-corrected chi connectivity index (χ1v) is 5.32. The lowest BCUT2D eigenvalue weighted by Crippen LogP contribution is -2.56. The van der Waals surface area contributed by atoms with Crippen LogP contribution in [0.4, 0.5) is 13.2 Å². The standard InChI is InChI=1S/C10H16F3NO3/c1-7(8(15)16)14-5-3-9(17-2,4-6-14)10(11,12)13/h7H,3-6H2,1-2H3,(H,15,16). The average Bonchev–Trinajstić information content (AvgIpc) is 2.26. The summed E-state index contributed by atoms with van der Waals surface area (Å²) in [5.41, 5.74) is -2.12. The summed E-state index contributed by atoms with van der Waals surface area (Å²) < 4.78 is 43.1. The SMILES string of the molecule is COC1(C(F)(F)F)CCN(C(C)C(=O)O)CC1. The van der Waals surface area contributed by atoms with E-state index in [0.29, 0.717) is 0 Å². The van der Waals surface area contributed by atoms with Crippen LogP contribution in [0.2, 0.25) is 0 Å². The van der Waals surface area contributed by atoms with Crippen LogP contribution in [-0.2, 0) is 9.53 Å². The van der Waals surface area contributed by atoms with Crippen LogP contribution in [0.15, 0.2) is 0 Å². The summed E-state index contributed by atoms with van der Waals surface area (Å²) in [4.78, 5) is 12.3. The average molecular weight is 255 g/mol. The van der Waals surface area contributed by atoms with E-state index in [2.05, 4.69) is 4.74 Å². The molecule has 0 aromatic rings. The van der Waals surface area contributed by atoms with Crippen molar-refractivity contribution in [2.75, 3.05) is 20.2 Å². The quantitative estimate of drug-likeness (QED) is 0.830. The summed E-state index contributed by atoms with van der Waals surface area (Å²) in [6, 6.07) is -0.766. The highest BCUT2D eigenvalue weighted by Gasteiger charge is 2.56. The number of likely N-dealkylation sites (tertiary alicyclic amines) is 1. The predicted octanol–water partition coefficient (Wildman–Crippen LogP) is 1.50. The maximum absolute atomic E-state index is 12.8. The summed E-state index contributed by atoms with van der Waals surface area (Å²) in [6.45, 7) is 1.61. The Kier molecular flexibility index (Phi) is 4.03. The zero-order valence-electron chi connectivity index (χ0n) is 9.75. The van der Waals surface area contributed by atoms with Gasteiger partial charge in [-0.05, 0) is 19.8 Å². The third kappa shape index (κ3) is 2.71. The smallest absolute Gasteiger partial charge is 0.417 e. The molecule has 1 rings (SSSR count). The second-order valence-corrected chi connectivity index (χ2v) is 4.25. The van der Waals surface area contributed by atoms with Crippen LogP contribution in [-0.4, -0.2) is 54.0 Å². The summed E-state index contributed by atoms with van der Waals surface area (Å²) >= 11 is 0. The number of halogens is 3. The number of carboxylic acids is 1. The zero-order valence-corrected chi connectivity index (χ0v) is 9.75. The molecule has 1 unspecified atom stereocenters. The van der Waals surface area contributed by atoms with Crippen molar-refractivity contribution < 1.29 is 27.8 Å². The van der Waals surface area contributed by atoms with Gasteiger partial charge in [-0.2, -0.15) is 13.2 Å². The first-order valence-electron chi connectivity index (χ1n) is 5.32. The minimum Gasteiger partial charge on any atom is -0.480 e. The molecule has 0 spiro atoms.